The summed E-state index contributed by atoms with van der Waals surface area (Å²) in [6.07, 6.45) is 4.68. The summed E-state index contributed by atoms with van der Waals surface area (Å²) in [6.45, 7) is 3.57. The minimum Gasteiger partial charge on any atom is -0.472 e. The molecule has 0 aliphatic carbocycles. The first-order valence-electron chi connectivity index (χ1n) is 12.6. The van der Waals surface area contributed by atoms with Crippen molar-refractivity contribution in [1.29, 1.82) is 0 Å². The molecule has 3 aromatic rings. The van der Waals surface area contributed by atoms with Gasteiger partial charge in [0.2, 0.25) is 15.9 Å². The molecule has 0 spiro atoms. The SMILES string of the molecule is C[C@@H]1CN([C@@H](C)CO)C(=O)c2cc(/C=C/c3ccccc3)cnc2O[C@H]1CN(C)S(=O)(=O)c1ccc(F)cc1. The number of aliphatic hydroxyl groups is 1. The lowest BCUT2D eigenvalue weighted by Gasteiger charge is -2.37. The molecule has 0 bridgehead atoms. The van der Waals surface area contributed by atoms with E-state index in [9.17, 15) is 22.7 Å². The Morgan fingerprint density at radius 1 is 1.15 bits per heavy atom. The van der Waals surface area contributed by atoms with Crippen LogP contribution in [-0.4, -0.2) is 72.5 Å². The predicted molar refractivity (Wildman–Crippen MR) is 147 cm³/mol. The Morgan fingerprint density at radius 3 is 2.49 bits per heavy atom. The first-order chi connectivity index (χ1) is 18.6. The third-order valence-corrected chi connectivity index (χ3v) is 8.61. The van der Waals surface area contributed by atoms with Crippen molar-refractivity contribution >= 4 is 28.1 Å². The monoisotopic (exact) mass is 553 g/mol. The first-order valence-corrected chi connectivity index (χ1v) is 14.1. The van der Waals surface area contributed by atoms with Crippen LogP contribution in [0.2, 0.25) is 0 Å². The van der Waals surface area contributed by atoms with Crippen LogP contribution in [-0.2, 0) is 10.0 Å². The molecule has 0 radical (unpaired) electrons. The summed E-state index contributed by atoms with van der Waals surface area (Å²) < 4.78 is 47.0. The van der Waals surface area contributed by atoms with Crippen LogP contribution in [0, 0.1) is 11.7 Å². The first kappa shape index (κ1) is 28.4. The number of hydrogen-bond donors (Lipinski definition) is 1. The van der Waals surface area contributed by atoms with Crippen LogP contribution in [0.15, 0.2) is 71.8 Å². The smallest absolute Gasteiger partial charge is 0.259 e. The number of likely N-dealkylation sites (N-methyl/N-ethyl adjacent to an activating group) is 1. The molecule has 0 saturated carbocycles. The normalized spacial score (nSPS) is 18.9. The molecule has 1 amide bonds. The largest absolute Gasteiger partial charge is 0.472 e. The van der Waals surface area contributed by atoms with Crippen molar-refractivity contribution in [3.63, 3.8) is 0 Å². The van der Waals surface area contributed by atoms with E-state index in [1.165, 1.54) is 19.2 Å². The van der Waals surface area contributed by atoms with Gasteiger partial charge in [0.25, 0.3) is 5.91 Å². The van der Waals surface area contributed by atoms with Crippen LogP contribution in [0.3, 0.4) is 0 Å². The van der Waals surface area contributed by atoms with Crippen molar-refractivity contribution < 1.29 is 27.4 Å². The lowest BCUT2D eigenvalue weighted by molar-refractivity contribution is 0.0373. The Bertz CT molecular complexity index is 1430. The Morgan fingerprint density at radius 2 is 1.82 bits per heavy atom. The fourth-order valence-electron chi connectivity index (χ4n) is 4.32. The Hall–Kier alpha value is -3.60. The standard InChI is InChI=1S/C29H32FN3O5S/c1-20-17-33(21(2)19-34)29(35)26-15-23(10-9-22-7-5-4-6-8-22)16-31-28(26)38-27(20)18-32(3)39(36,37)25-13-11-24(30)12-14-25/h4-16,20-21,27,34H,17-19H2,1-3H3/b10-9+/t20-,21+,27+/m1/s1. The molecular formula is C29H32FN3O5S. The topological polar surface area (TPSA) is 100 Å². The van der Waals surface area contributed by atoms with Crippen molar-refractivity contribution in [1.82, 2.24) is 14.2 Å². The number of benzene rings is 2. The second kappa shape index (κ2) is 12.1. The number of carbonyl (C=O) groups is 1. The molecule has 0 fully saturated rings. The van der Waals surface area contributed by atoms with Crippen molar-refractivity contribution in [2.75, 3.05) is 26.7 Å². The van der Waals surface area contributed by atoms with E-state index in [0.717, 1.165) is 22.0 Å². The van der Waals surface area contributed by atoms with E-state index in [-0.39, 0.29) is 47.9 Å². The number of carbonyl (C=O) groups excluding carboxylic acids is 1. The highest BCUT2D eigenvalue weighted by Gasteiger charge is 2.35. The van der Waals surface area contributed by atoms with E-state index in [1.54, 1.807) is 24.1 Å². The van der Waals surface area contributed by atoms with Gasteiger partial charge in [0.15, 0.2) is 0 Å². The fourth-order valence-corrected chi connectivity index (χ4v) is 5.51. The number of hydrogen-bond acceptors (Lipinski definition) is 6. The molecular weight excluding hydrogens is 521 g/mol. The molecule has 206 valence electrons. The molecule has 1 aliphatic heterocycles. The maximum atomic E-state index is 13.6. The average Bonchev–Trinajstić information content (AvgIpc) is 2.94. The molecule has 1 aliphatic rings. The Balaban J connectivity index is 1.66. The van der Waals surface area contributed by atoms with Crippen LogP contribution in [0.1, 0.15) is 35.3 Å². The van der Waals surface area contributed by atoms with E-state index in [4.69, 9.17) is 4.74 Å². The zero-order chi connectivity index (χ0) is 28.2. The minimum atomic E-state index is -3.93. The van der Waals surface area contributed by atoms with Gasteiger partial charge in [-0.25, -0.2) is 17.8 Å². The van der Waals surface area contributed by atoms with Crippen molar-refractivity contribution in [3.8, 4) is 5.88 Å². The number of halogens is 1. The average molecular weight is 554 g/mol. The van der Waals surface area contributed by atoms with E-state index in [0.29, 0.717) is 5.56 Å². The molecule has 1 N–H and O–H groups in total. The number of aromatic nitrogens is 1. The van der Waals surface area contributed by atoms with Gasteiger partial charge in [-0.2, -0.15) is 4.31 Å². The molecule has 39 heavy (non-hydrogen) atoms. The fraction of sp³-hybridized carbons (Fsp3) is 0.310. The molecule has 2 aromatic carbocycles. The number of aliphatic hydroxyl groups excluding tert-OH is 1. The summed E-state index contributed by atoms with van der Waals surface area (Å²) in [7, 11) is -2.50. The number of nitrogens with zero attached hydrogens (tertiary/aromatic N) is 3. The highest BCUT2D eigenvalue weighted by molar-refractivity contribution is 7.89. The summed E-state index contributed by atoms with van der Waals surface area (Å²) in [5, 5.41) is 9.86. The van der Waals surface area contributed by atoms with E-state index in [2.05, 4.69) is 4.98 Å². The summed E-state index contributed by atoms with van der Waals surface area (Å²) in [4.78, 5) is 19.6. The molecule has 0 unspecified atom stereocenters. The van der Waals surface area contributed by atoms with Crippen molar-refractivity contribution in [2.24, 2.45) is 5.92 Å². The highest BCUT2D eigenvalue weighted by atomic mass is 32.2. The summed E-state index contributed by atoms with van der Waals surface area (Å²) in [6, 6.07) is 15.5. The van der Waals surface area contributed by atoms with Crippen LogP contribution < -0.4 is 4.74 Å². The zero-order valence-electron chi connectivity index (χ0n) is 22.1. The van der Waals surface area contributed by atoms with Crippen LogP contribution in [0.25, 0.3) is 12.2 Å². The second-order valence-electron chi connectivity index (χ2n) is 9.73. The number of rotatable bonds is 8. The number of fused-ring (bicyclic) bond motifs is 1. The molecule has 0 saturated heterocycles. The maximum Gasteiger partial charge on any atom is 0.259 e. The second-order valence-corrected chi connectivity index (χ2v) is 11.8. The summed E-state index contributed by atoms with van der Waals surface area (Å²) >= 11 is 0. The number of sulfonamides is 1. The minimum absolute atomic E-state index is 0.0345. The number of amides is 1. The number of pyridine rings is 1. The van der Waals surface area contributed by atoms with Gasteiger partial charge < -0.3 is 14.7 Å². The maximum absolute atomic E-state index is 13.6. The van der Waals surface area contributed by atoms with E-state index in [1.807, 2.05) is 49.4 Å². The van der Waals surface area contributed by atoms with Crippen LogP contribution in [0.5, 0.6) is 5.88 Å². The van der Waals surface area contributed by atoms with Gasteiger partial charge >= 0.3 is 0 Å². The van der Waals surface area contributed by atoms with Crippen molar-refractivity contribution in [2.45, 2.75) is 30.9 Å². The van der Waals surface area contributed by atoms with Gasteiger partial charge in [-0.3, -0.25) is 4.79 Å². The predicted octanol–water partition coefficient (Wildman–Crippen LogP) is 3.93. The Kier molecular flexibility index (Phi) is 8.79. The molecule has 2 heterocycles. The lowest BCUT2D eigenvalue weighted by atomic mass is 10.00. The zero-order valence-corrected chi connectivity index (χ0v) is 22.9. The number of ether oxygens (including phenoxy) is 1. The van der Waals surface area contributed by atoms with Gasteiger partial charge in [0, 0.05) is 25.7 Å². The molecule has 3 atom stereocenters. The summed E-state index contributed by atoms with van der Waals surface area (Å²) in [5.41, 5.74) is 1.90. The van der Waals surface area contributed by atoms with Gasteiger partial charge in [0.05, 0.1) is 24.1 Å². The molecule has 1 aromatic heterocycles. The molecule has 4 rings (SSSR count). The lowest BCUT2D eigenvalue weighted by Crippen LogP contribution is -2.50. The van der Waals surface area contributed by atoms with Crippen LogP contribution in [0.4, 0.5) is 4.39 Å². The van der Waals surface area contributed by atoms with Gasteiger partial charge in [-0.15, -0.1) is 0 Å². The van der Waals surface area contributed by atoms with E-state index < -0.39 is 28.0 Å². The third-order valence-electron chi connectivity index (χ3n) is 6.77. The van der Waals surface area contributed by atoms with Gasteiger partial charge in [0.1, 0.15) is 17.5 Å². The van der Waals surface area contributed by atoms with Crippen molar-refractivity contribution in [3.05, 3.63) is 89.4 Å². The Labute approximate surface area is 228 Å². The van der Waals surface area contributed by atoms with Gasteiger partial charge in [-0.05, 0) is 48.4 Å². The summed E-state index contributed by atoms with van der Waals surface area (Å²) in [5.74, 6) is -1.07. The molecule has 10 heteroatoms. The van der Waals surface area contributed by atoms with Crippen LogP contribution >= 0.6 is 0 Å². The third kappa shape index (κ3) is 6.52. The molecule has 8 nitrogen and oxygen atoms in total. The van der Waals surface area contributed by atoms with Gasteiger partial charge in [-0.1, -0.05) is 49.4 Å². The van der Waals surface area contributed by atoms with E-state index >= 15 is 0 Å². The quantitative estimate of drug-likeness (QED) is 0.454. The highest BCUT2D eigenvalue weighted by Crippen LogP contribution is 2.28.